The van der Waals surface area contributed by atoms with Crippen molar-refractivity contribution in [3.8, 4) is 0 Å². The van der Waals surface area contributed by atoms with Gasteiger partial charge in [0.25, 0.3) is 0 Å². The summed E-state index contributed by atoms with van der Waals surface area (Å²) in [5.74, 6) is 0.618. The van der Waals surface area contributed by atoms with E-state index in [1.54, 1.807) is 11.3 Å². The lowest BCUT2D eigenvalue weighted by Gasteiger charge is -2.11. The van der Waals surface area contributed by atoms with E-state index in [0.29, 0.717) is 5.92 Å². The van der Waals surface area contributed by atoms with Gasteiger partial charge in [-0.05, 0) is 46.9 Å². The molecule has 0 amide bonds. The number of nitrogens with one attached hydrogen (secondary N) is 2. The Kier molecular flexibility index (Phi) is 5.05. The first-order valence-corrected chi connectivity index (χ1v) is 6.48. The molecule has 1 rings (SSSR count). The molecule has 0 spiro atoms. The van der Waals surface area contributed by atoms with Crippen molar-refractivity contribution in [3.63, 3.8) is 0 Å². The zero-order valence-electron chi connectivity index (χ0n) is 9.46. The van der Waals surface area contributed by atoms with Crippen molar-refractivity contribution in [3.05, 3.63) is 21.9 Å². The number of hydrogen-bond donors (Lipinski definition) is 2. The molecule has 0 radical (unpaired) electrons. The van der Waals surface area contributed by atoms with E-state index in [0.717, 1.165) is 18.2 Å². The molecule has 1 aromatic rings. The summed E-state index contributed by atoms with van der Waals surface area (Å²) in [6.45, 7) is 8.20. The van der Waals surface area contributed by atoms with Crippen LogP contribution in [0.25, 0.3) is 0 Å². The fraction of sp³-hybridized carbons (Fsp3) is 0.545. The highest BCUT2D eigenvalue weighted by molar-refractivity contribution is 7.80. The Morgan fingerprint density at radius 3 is 2.67 bits per heavy atom. The molecule has 2 N–H and O–H groups in total. The van der Waals surface area contributed by atoms with Gasteiger partial charge in [-0.25, -0.2) is 0 Å². The second-order valence-electron chi connectivity index (χ2n) is 4.04. The maximum absolute atomic E-state index is 5.17. The molecule has 0 saturated carbocycles. The number of hydrogen-bond acceptors (Lipinski definition) is 2. The molecule has 0 aliphatic carbocycles. The van der Waals surface area contributed by atoms with Crippen LogP contribution in [0.1, 0.15) is 25.0 Å². The van der Waals surface area contributed by atoms with Crippen LogP contribution in [-0.2, 0) is 6.54 Å². The van der Waals surface area contributed by atoms with E-state index in [1.165, 1.54) is 11.1 Å². The molecule has 4 heteroatoms. The van der Waals surface area contributed by atoms with Gasteiger partial charge in [0.15, 0.2) is 5.11 Å². The molecule has 0 aliphatic heterocycles. The first-order chi connectivity index (χ1) is 7.09. The smallest absolute Gasteiger partial charge is 0.166 e. The zero-order valence-corrected chi connectivity index (χ0v) is 11.1. The quantitative estimate of drug-likeness (QED) is 0.794. The molecular weight excluding hydrogens is 224 g/mol. The van der Waals surface area contributed by atoms with E-state index in [2.05, 4.69) is 42.2 Å². The topological polar surface area (TPSA) is 24.1 Å². The number of thiocarbonyl (C=S) groups is 1. The Balaban J connectivity index is 2.26. The maximum atomic E-state index is 5.17. The normalized spacial score (nSPS) is 10.4. The van der Waals surface area contributed by atoms with Gasteiger partial charge in [0.2, 0.25) is 0 Å². The minimum Gasteiger partial charge on any atom is -0.362 e. The van der Waals surface area contributed by atoms with Gasteiger partial charge in [0.05, 0.1) is 0 Å². The molecule has 1 aromatic heterocycles. The Morgan fingerprint density at radius 1 is 1.40 bits per heavy atom. The molecule has 0 bridgehead atoms. The predicted molar refractivity (Wildman–Crippen MR) is 71.3 cm³/mol. The van der Waals surface area contributed by atoms with Gasteiger partial charge in [-0.1, -0.05) is 13.8 Å². The summed E-state index contributed by atoms with van der Waals surface area (Å²) in [5, 5.41) is 11.5. The van der Waals surface area contributed by atoms with Crippen LogP contribution in [-0.4, -0.2) is 11.7 Å². The third-order valence-corrected chi connectivity index (χ3v) is 3.27. The maximum Gasteiger partial charge on any atom is 0.166 e. The van der Waals surface area contributed by atoms with Crippen molar-refractivity contribution >= 4 is 28.7 Å². The SMILES string of the molecule is Cc1cscc1CNC(=S)NCC(C)C. The Morgan fingerprint density at radius 2 is 2.13 bits per heavy atom. The molecule has 84 valence electrons. The Labute approximate surface area is 101 Å². The molecule has 0 saturated heterocycles. The molecule has 15 heavy (non-hydrogen) atoms. The third-order valence-electron chi connectivity index (χ3n) is 2.07. The second-order valence-corrected chi connectivity index (χ2v) is 5.19. The van der Waals surface area contributed by atoms with E-state index < -0.39 is 0 Å². The van der Waals surface area contributed by atoms with Gasteiger partial charge in [0, 0.05) is 13.1 Å². The fourth-order valence-electron chi connectivity index (χ4n) is 1.10. The van der Waals surface area contributed by atoms with Gasteiger partial charge in [-0.2, -0.15) is 11.3 Å². The lowest BCUT2D eigenvalue weighted by atomic mass is 10.2. The molecule has 0 fully saturated rings. The van der Waals surface area contributed by atoms with E-state index in [-0.39, 0.29) is 0 Å². The zero-order chi connectivity index (χ0) is 11.3. The van der Waals surface area contributed by atoms with Crippen molar-refractivity contribution in [2.24, 2.45) is 5.92 Å². The van der Waals surface area contributed by atoms with Crippen LogP contribution < -0.4 is 10.6 Å². The van der Waals surface area contributed by atoms with Crippen LogP contribution in [0.3, 0.4) is 0 Å². The molecular formula is C11H18N2S2. The van der Waals surface area contributed by atoms with Gasteiger partial charge >= 0.3 is 0 Å². The standard InChI is InChI=1S/C11H18N2S2/c1-8(2)4-12-11(14)13-5-10-7-15-6-9(10)3/h6-8H,4-5H2,1-3H3,(H2,12,13,14). The average Bonchev–Trinajstić information content (AvgIpc) is 2.58. The highest BCUT2D eigenvalue weighted by Crippen LogP contribution is 2.12. The first-order valence-electron chi connectivity index (χ1n) is 5.13. The first kappa shape index (κ1) is 12.5. The van der Waals surface area contributed by atoms with Crippen LogP contribution in [0.2, 0.25) is 0 Å². The predicted octanol–water partition coefficient (Wildman–Crippen LogP) is 2.68. The third kappa shape index (κ3) is 4.62. The summed E-state index contributed by atoms with van der Waals surface area (Å²) >= 11 is 6.90. The van der Waals surface area contributed by atoms with Crippen molar-refractivity contribution in [2.75, 3.05) is 6.54 Å². The van der Waals surface area contributed by atoms with Crippen LogP contribution >= 0.6 is 23.6 Å². The minimum absolute atomic E-state index is 0.618. The molecule has 0 aliphatic rings. The van der Waals surface area contributed by atoms with E-state index >= 15 is 0 Å². The number of rotatable bonds is 4. The van der Waals surface area contributed by atoms with Crippen LogP contribution in [0.5, 0.6) is 0 Å². The largest absolute Gasteiger partial charge is 0.362 e. The van der Waals surface area contributed by atoms with Crippen LogP contribution in [0, 0.1) is 12.8 Å². The van der Waals surface area contributed by atoms with Crippen molar-refractivity contribution < 1.29 is 0 Å². The summed E-state index contributed by atoms with van der Waals surface area (Å²) in [5.41, 5.74) is 2.66. The summed E-state index contributed by atoms with van der Waals surface area (Å²) < 4.78 is 0. The Hall–Kier alpha value is -0.610. The Bertz CT molecular complexity index is 318. The van der Waals surface area contributed by atoms with Gasteiger partial charge < -0.3 is 10.6 Å². The van der Waals surface area contributed by atoms with Gasteiger partial charge in [0.1, 0.15) is 0 Å². The fourth-order valence-corrected chi connectivity index (χ4v) is 2.12. The number of aryl methyl sites for hydroxylation is 1. The lowest BCUT2D eigenvalue weighted by Crippen LogP contribution is -2.36. The van der Waals surface area contributed by atoms with E-state index in [1.807, 2.05) is 0 Å². The van der Waals surface area contributed by atoms with Crippen LogP contribution in [0.4, 0.5) is 0 Å². The van der Waals surface area contributed by atoms with Gasteiger partial charge in [-0.3, -0.25) is 0 Å². The van der Waals surface area contributed by atoms with E-state index in [4.69, 9.17) is 12.2 Å². The average molecular weight is 242 g/mol. The molecule has 0 aromatic carbocycles. The lowest BCUT2D eigenvalue weighted by molar-refractivity contribution is 0.619. The van der Waals surface area contributed by atoms with Crippen LogP contribution in [0.15, 0.2) is 10.8 Å². The minimum atomic E-state index is 0.618. The summed E-state index contributed by atoms with van der Waals surface area (Å²) in [6, 6.07) is 0. The summed E-state index contributed by atoms with van der Waals surface area (Å²) in [7, 11) is 0. The molecule has 0 unspecified atom stereocenters. The molecule has 0 atom stereocenters. The highest BCUT2D eigenvalue weighted by atomic mass is 32.1. The number of thiophene rings is 1. The molecule has 2 nitrogen and oxygen atoms in total. The van der Waals surface area contributed by atoms with Crippen molar-refractivity contribution in [1.82, 2.24) is 10.6 Å². The summed E-state index contributed by atoms with van der Waals surface area (Å²) in [4.78, 5) is 0. The summed E-state index contributed by atoms with van der Waals surface area (Å²) in [6.07, 6.45) is 0. The molecule has 1 heterocycles. The van der Waals surface area contributed by atoms with Gasteiger partial charge in [-0.15, -0.1) is 0 Å². The monoisotopic (exact) mass is 242 g/mol. The van der Waals surface area contributed by atoms with Crippen molar-refractivity contribution in [2.45, 2.75) is 27.3 Å². The second kappa shape index (κ2) is 6.08. The van der Waals surface area contributed by atoms with E-state index in [9.17, 15) is 0 Å². The van der Waals surface area contributed by atoms with Crippen molar-refractivity contribution in [1.29, 1.82) is 0 Å². The highest BCUT2D eigenvalue weighted by Gasteiger charge is 2.01.